The molecular formula is C19H17FN2O4. The van der Waals surface area contributed by atoms with E-state index in [-0.39, 0.29) is 18.5 Å². The maximum absolute atomic E-state index is 13.3. The fourth-order valence-corrected chi connectivity index (χ4v) is 2.76. The van der Waals surface area contributed by atoms with Gasteiger partial charge in [0, 0.05) is 22.9 Å². The van der Waals surface area contributed by atoms with Gasteiger partial charge < -0.3 is 20.5 Å². The van der Waals surface area contributed by atoms with E-state index in [2.05, 4.69) is 10.3 Å². The molecule has 0 fully saturated rings. The highest BCUT2D eigenvalue weighted by Gasteiger charge is 2.32. The second-order valence-corrected chi connectivity index (χ2v) is 5.99. The minimum atomic E-state index is -1.85. The van der Waals surface area contributed by atoms with Crippen LogP contribution in [-0.4, -0.2) is 27.1 Å². The maximum atomic E-state index is 13.3. The zero-order valence-electron chi connectivity index (χ0n) is 13.7. The molecule has 0 bridgehead atoms. The van der Waals surface area contributed by atoms with Gasteiger partial charge in [0.05, 0.1) is 6.42 Å². The fraction of sp³-hybridized carbons (Fsp3) is 0.158. The lowest BCUT2D eigenvalue weighted by molar-refractivity contribution is -0.139. The first kappa shape index (κ1) is 17.6. The Hall–Kier alpha value is -3.19. The number of fused-ring (bicyclic) bond motifs is 1. The number of amides is 1. The maximum Gasteiger partial charge on any atom is 0.303 e. The molecule has 0 saturated carbocycles. The second-order valence-electron chi connectivity index (χ2n) is 5.99. The van der Waals surface area contributed by atoms with E-state index in [9.17, 15) is 19.1 Å². The van der Waals surface area contributed by atoms with Gasteiger partial charge in [0.25, 0.3) is 5.91 Å². The standard InChI is InChI=1S/C19H17FN2O4/c20-14-6-7-15-12(10-14)11-16(21-15)18(25)22-19(26,9-8-17(23)24)13-4-2-1-3-5-13/h1-7,10-11,21,26H,8-9H2,(H,22,25)(H,23,24)/t19-/m1/s1. The molecule has 7 heteroatoms. The number of aliphatic carboxylic acids is 1. The third kappa shape index (κ3) is 3.73. The summed E-state index contributed by atoms with van der Waals surface area (Å²) < 4.78 is 13.3. The van der Waals surface area contributed by atoms with E-state index in [1.807, 2.05) is 0 Å². The SMILES string of the molecule is O=C(O)CC[C@](O)(NC(=O)c1cc2cc(F)ccc2[nH]1)c1ccccc1. The molecule has 1 atom stereocenters. The number of H-pyrrole nitrogens is 1. The number of aromatic amines is 1. The molecule has 1 heterocycles. The first-order valence-electron chi connectivity index (χ1n) is 7.98. The van der Waals surface area contributed by atoms with E-state index >= 15 is 0 Å². The Bertz CT molecular complexity index is 955. The molecule has 0 aliphatic carbocycles. The number of halogens is 1. The normalized spacial score (nSPS) is 13.3. The quantitative estimate of drug-likeness (QED) is 0.510. The molecule has 0 spiro atoms. The highest BCUT2D eigenvalue weighted by molar-refractivity contribution is 5.98. The lowest BCUT2D eigenvalue weighted by Gasteiger charge is -2.29. The van der Waals surface area contributed by atoms with Crippen molar-refractivity contribution in [3.8, 4) is 0 Å². The van der Waals surface area contributed by atoms with Crippen LogP contribution in [0, 0.1) is 5.82 Å². The molecule has 0 saturated heterocycles. The number of hydrogen-bond donors (Lipinski definition) is 4. The van der Waals surface area contributed by atoms with Gasteiger partial charge in [0.15, 0.2) is 5.72 Å². The summed E-state index contributed by atoms with van der Waals surface area (Å²) in [6.45, 7) is 0. The Kier molecular flexibility index (Phi) is 4.73. The van der Waals surface area contributed by atoms with Crippen LogP contribution in [0.15, 0.2) is 54.6 Å². The van der Waals surface area contributed by atoms with Gasteiger partial charge in [0.2, 0.25) is 0 Å². The van der Waals surface area contributed by atoms with Gasteiger partial charge in [-0.25, -0.2) is 4.39 Å². The highest BCUT2D eigenvalue weighted by Crippen LogP contribution is 2.25. The summed E-state index contributed by atoms with van der Waals surface area (Å²) in [5.41, 5.74) is -0.767. The van der Waals surface area contributed by atoms with Crippen LogP contribution < -0.4 is 5.32 Å². The Balaban J connectivity index is 1.89. The Morgan fingerprint density at radius 2 is 1.85 bits per heavy atom. The van der Waals surface area contributed by atoms with Crippen LogP contribution in [0.2, 0.25) is 0 Å². The Labute approximate surface area is 148 Å². The fourth-order valence-electron chi connectivity index (χ4n) is 2.76. The summed E-state index contributed by atoms with van der Waals surface area (Å²) in [4.78, 5) is 26.4. The molecule has 6 nitrogen and oxygen atoms in total. The summed E-state index contributed by atoms with van der Waals surface area (Å²) in [7, 11) is 0. The molecule has 1 amide bonds. The number of carbonyl (C=O) groups is 2. The molecule has 0 unspecified atom stereocenters. The summed E-state index contributed by atoms with van der Waals surface area (Å²) in [6, 6.07) is 13.8. The van der Waals surface area contributed by atoms with E-state index in [0.717, 1.165) is 0 Å². The van der Waals surface area contributed by atoms with E-state index in [1.54, 1.807) is 30.3 Å². The summed E-state index contributed by atoms with van der Waals surface area (Å²) in [6.07, 6.45) is -0.531. The number of benzene rings is 2. The predicted molar refractivity (Wildman–Crippen MR) is 92.9 cm³/mol. The summed E-state index contributed by atoms with van der Waals surface area (Å²) in [5.74, 6) is -2.14. The molecule has 134 valence electrons. The smallest absolute Gasteiger partial charge is 0.303 e. The average Bonchev–Trinajstić information content (AvgIpc) is 3.04. The van der Waals surface area contributed by atoms with Crippen molar-refractivity contribution in [2.24, 2.45) is 0 Å². The number of carbonyl (C=O) groups excluding carboxylic acids is 1. The number of carboxylic acid groups (broad SMARTS) is 1. The zero-order valence-corrected chi connectivity index (χ0v) is 13.7. The van der Waals surface area contributed by atoms with Crippen LogP contribution in [0.5, 0.6) is 0 Å². The van der Waals surface area contributed by atoms with Crippen molar-refractivity contribution in [2.45, 2.75) is 18.6 Å². The summed E-state index contributed by atoms with van der Waals surface area (Å²) in [5, 5.41) is 22.8. The molecule has 1 aromatic heterocycles. The van der Waals surface area contributed by atoms with Crippen molar-refractivity contribution in [1.82, 2.24) is 10.3 Å². The second kappa shape index (κ2) is 6.97. The minimum absolute atomic E-state index is 0.135. The summed E-state index contributed by atoms with van der Waals surface area (Å²) >= 11 is 0. The molecule has 2 aromatic carbocycles. The third-order valence-corrected chi connectivity index (χ3v) is 4.10. The van der Waals surface area contributed by atoms with Gasteiger partial charge in [-0.05, 0) is 24.3 Å². The van der Waals surface area contributed by atoms with Crippen LogP contribution in [0.4, 0.5) is 4.39 Å². The van der Waals surface area contributed by atoms with Crippen LogP contribution >= 0.6 is 0 Å². The van der Waals surface area contributed by atoms with Gasteiger partial charge in [-0.2, -0.15) is 0 Å². The minimum Gasteiger partial charge on any atom is -0.481 e. The largest absolute Gasteiger partial charge is 0.481 e. The zero-order chi connectivity index (χ0) is 18.7. The molecule has 0 radical (unpaired) electrons. The van der Waals surface area contributed by atoms with Crippen LogP contribution in [0.3, 0.4) is 0 Å². The van der Waals surface area contributed by atoms with E-state index < -0.39 is 23.4 Å². The van der Waals surface area contributed by atoms with Crippen molar-refractivity contribution >= 4 is 22.8 Å². The average molecular weight is 356 g/mol. The number of nitrogens with one attached hydrogen (secondary N) is 2. The van der Waals surface area contributed by atoms with Crippen LogP contribution in [0.1, 0.15) is 28.9 Å². The van der Waals surface area contributed by atoms with Gasteiger partial charge in [-0.15, -0.1) is 0 Å². The Morgan fingerprint density at radius 3 is 2.54 bits per heavy atom. The molecule has 0 aliphatic rings. The molecule has 3 aromatic rings. The van der Waals surface area contributed by atoms with Crippen molar-refractivity contribution in [2.75, 3.05) is 0 Å². The van der Waals surface area contributed by atoms with Crippen molar-refractivity contribution in [1.29, 1.82) is 0 Å². The number of aromatic nitrogens is 1. The lowest BCUT2D eigenvalue weighted by atomic mass is 9.97. The number of carboxylic acids is 1. The monoisotopic (exact) mass is 356 g/mol. The van der Waals surface area contributed by atoms with Gasteiger partial charge in [-0.1, -0.05) is 30.3 Å². The predicted octanol–water partition coefficient (Wildman–Crippen LogP) is 2.75. The topological polar surface area (TPSA) is 102 Å². The van der Waals surface area contributed by atoms with Crippen molar-refractivity contribution in [3.05, 3.63) is 71.7 Å². The number of rotatable bonds is 6. The highest BCUT2D eigenvalue weighted by atomic mass is 19.1. The van der Waals surface area contributed by atoms with Crippen LogP contribution in [0.25, 0.3) is 10.9 Å². The molecule has 0 aliphatic heterocycles. The lowest BCUT2D eigenvalue weighted by Crippen LogP contribution is -2.46. The van der Waals surface area contributed by atoms with E-state index in [1.165, 1.54) is 24.3 Å². The van der Waals surface area contributed by atoms with Crippen molar-refractivity contribution < 1.29 is 24.2 Å². The van der Waals surface area contributed by atoms with Gasteiger partial charge >= 0.3 is 5.97 Å². The van der Waals surface area contributed by atoms with Gasteiger partial charge in [-0.3, -0.25) is 9.59 Å². The van der Waals surface area contributed by atoms with E-state index in [4.69, 9.17) is 5.11 Å². The third-order valence-electron chi connectivity index (χ3n) is 4.10. The number of hydrogen-bond acceptors (Lipinski definition) is 3. The first-order chi connectivity index (χ1) is 12.4. The Morgan fingerprint density at radius 1 is 1.12 bits per heavy atom. The molecular weight excluding hydrogens is 339 g/mol. The number of aliphatic hydroxyl groups is 1. The molecule has 26 heavy (non-hydrogen) atoms. The molecule has 3 rings (SSSR count). The van der Waals surface area contributed by atoms with Gasteiger partial charge in [0.1, 0.15) is 11.5 Å². The molecule has 4 N–H and O–H groups in total. The van der Waals surface area contributed by atoms with Crippen molar-refractivity contribution in [3.63, 3.8) is 0 Å². The first-order valence-corrected chi connectivity index (χ1v) is 7.98. The van der Waals surface area contributed by atoms with Crippen LogP contribution in [-0.2, 0) is 10.5 Å². The van der Waals surface area contributed by atoms with E-state index in [0.29, 0.717) is 16.5 Å².